The van der Waals surface area contributed by atoms with Crippen molar-refractivity contribution in [3.63, 3.8) is 0 Å². The second-order valence-electron chi connectivity index (χ2n) is 14.8. The van der Waals surface area contributed by atoms with Gasteiger partial charge in [0.25, 0.3) is 0 Å². The largest absolute Gasteiger partial charge is 0.311 e. The standard InChI is InChI=1S/C54H34N2/c1-3-14-38(15-4-1)55(39-16-5-2-6-17-39)40-30-25-35(26-31-40)36-27-32-41(33-28-36)56-48-24-12-23-47-52-45-21-10-8-19-43(45)42-18-7-9-20-44(42)51(52)46-22-11-13-37-29-34-49(56)54(50(37)46)53(47)48/h1-34H. The van der Waals surface area contributed by atoms with Gasteiger partial charge < -0.3 is 9.47 Å². The Morgan fingerprint density at radius 2 is 0.786 bits per heavy atom. The number of hydrogen-bond acceptors (Lipinski definition) is 1. The Bertz CT molecular complexity index is 3280. The predicted molar refractivity (Wildman–Crippen MR) is 238 cm³/mol. The summed E-state index contributed by atoms with van der Waals surface area (Å²) in [6.07, 6.45) is 0. The molecule has 0 N–H and O–H groups in total. The fourth-order valence-corrected chi connectivity index (χ4v) is 9.53. The van der Waals surface area contributed by atoms with Gasteiger partial charge in [-0.1, -0.05) is 146 Å². The van der Waals surface area contributed by atoms with Crippen LogP contribution in [0.15, 0.2) is 206 Å². The Labute approximate surface area is 324 Å². The molecule has 0 saturated heterocycles. The van der Waals surface area contributed by atoms with Gasteiger partial charge in [0.15, 0.2) is 0 Å². The van der Waals surface area contributed by atoms with Crippen LogP contribution in [0.3, 0.4) is 0 Å². The van der Waals surface area contributed by atoms with Gasteiger partial charge in [0.1, 0.15) is 0 Å². The van der Waals surface area contributed by atoms with E-state index in [1.807, 2.05) is 0 Å². The van der Waals surface area contributed by atoms with Crippen LogP contribution in [0, 0.1) is 0 Å². The van der Waals surface area contributed by atoms with Crippen LogP contribution in [0.2, 0.25) is 0 Å². The van der Waals surface area contributed by atoms with Crippen LogP contribution < -0.4 is 4.90 Å². The van der Waals surface area contributed by atoms with E-state index in [9.17, 15) is 0 Å². The van der Waals surface area contributed by atoms with Gasteiger partial charge in [0.2, 0.25) is 0 Å². The van der Waals surface area contributed by atoms with E-state index in [4.69, 9.17) is 0 Å². The van der Waals surface area contributed by atoms with E-state index in [1.54, 1.807) is 0 Å². The molecule has 2 heteroatoms. The van der Waals surface area contributed by atoms with Gasteiger partial charge in [-0.25, -0.2) is 0 Å². The number of benzene rings is 10. The molecule has 0 aliphatic heterocycles. The molecule has 1 aliphatic carbocycles. The van der Waals surface area contributed by atoms with Crippen LogP contribution in [0.5, 0.6) is 0 Å². The van der Waals surface area contributed by atoms with E-state index in [-0.39, 0.29) is 0 Å². The van der Waals surface area contributed by atoms with Gasteiger partial charge in [-0.2, -0.15) is 0 Å². The minimum Gasteiger partial charge on any atom is -0.311 e. The van der Waals surface area contributed by atoms with E-state index < -0.39 is 0 Å². The molecule has 0 unspecified atom stereocenters. The summed E-state index contributed by atoms with van der Waals surface area (Å²) in [5.74, 6) is 0. The third-order valence-electron chi connectivity index (χ3n) is 11.9. The molecular formula is C54H34N2. The molecule has 0 saturated carbocycles. The molecule has 0 fully saturated rings. The average Bonchev–Trinajstić information content (AvgIpc) is 3.55. The zero-order valence-corrected chi connectivity index (χ0v) is 30.5. The van der Waals surface area contributed by atoms with Crippen molar-refractivity contribution in [3.05, 3.63) is 206 Å². The van der Waals surface area contributed by atoms with Gasteiger partial charge in [-0.15, -0.1) is 0 Å². The van der Waals surface area contributed by atoms with Gasteiger partial charge in [0.05, 0.1) is 11.0 Å². The highest BCUT2D eigenvalue weighted by Gasteiger charge is 2.27. The van der Waals surface area contributed by atoms with Crippen molar-refractivity contribution < 1.29 is 0 Å². The SMILES string of the molecule is c1ccc(N(c2ccccc2)c2ccc(-c3ccc(-n4c5cccc6c5c5c7c(cccc7ccc54)-c4c-6c5ccccc5c5ccccc45)cc3)cc2)cc1. The Balaban J connectivity index is 1.03. The third kappa shape index (κ3) is 4.44. The summed E-state index contributed by atoms with van der Waals surface area (Å²) >= 11 is 0. The molecule has 10 aromatic carbocycles. The highest BCUT2D eigenvalue weighted by atomic mass is 15.1. The lowest BCUT2D eigenvalue weighted by atomic mass is 9.84. The Kier molecular flexibility index (Phi) is 6.66. The van der Waals surface area contributed by atoms with E-state index in [0.29, 0.717) is 0 Å². The molecule has 0 atom stereocenters. The number of nitrogens with zero attached hydrogens (tertiary/aromatic N) is 2. The third-order valence-corrected chi connectivity index (χ3v) is 11.9. The second kappa shape index (κ2) is 12.0. The molecule has 0 amide bonds. The number of anilines is 3. The topological polar surface area (TPSA) is 8.17 Å². The second-order valence-corrected chi connectivity index (χ2v) is 14.8. The quantitative estimate of drug-likeness (QED) is 0.161. The normalized spacial score (nSPS) is 11.9. The molecule has 12 rings (SSSR count). The molecule has 1 heterocycles. The molecule has 260 valence electrons. The van der Waals surface area contributed by atoms with Gasteiger partial charge in [0, 0.05) is 33.5 Å². The summed E-state index contributed by atoms with van der Waals surface area (Å²) in [5, 5.41) is 10.4. The van der Waals surface area contributed by atoms with Crippen LogP contribution in [0.1, 0.15) is 0 Å². The molecule has 56 heavy (non-hydrogen) atoms. The first-order valence-corrected chi connectivity index (χ1v) is 19.4. The zero-order chi connectivity index (χ0) is 36.7. The molecule has 0 radical (unpaired) electrons. The number of rotatable bonds is 5. The van der Waals surface area contributed by atoms with Crippen molar-refractivity contribution in [2.24, 2.45) is 0 Å². The number of aromatic nitrogens is 1. The first-order chi connectivity index (χ1) is 27.8. The zero-order valence-electron chi connectivity index (χ0n) is 30.5. The van der Waals surface area contributed by atoms with Crippen LogP contribution in [0.4, 0.5) is 17.1 Å². The minimum atomic E-state index is 1.12. The molecule has 0 bridgehead atoms. The molecule has 2 nitrogen and oxygen atoms in total. The van der Waals surface area contributed by atoms with Crippen molar-refractivity contribution in [1.29, 1.82) is 0 Å². The monoisotopic (exact) mass is 710 g/mol. The summed E-state index contributed by atoms with van der Waals surface area (Å²) in [7, 11) is 0. The van der Waals surface area contributed by atoms with Gasteiger partial charge in [-0.05, 0) is 126 Å². The Hall–Kier alpha value is -7.42. The van der Waals surface area contributed by atoms with Crippen molar-refractivity contribution in [3.8, 4) is 39.1 Å². The summed E-state index contributed by atoms with van der Waals surface area (Å²) in [5.41, 5.74) is 14.6. The fourth-order valence-electron chi connectivity index (χ4n) is 9.53. The molecule has 1 aliphatic rings. The lowest BCUT2D eigenvalue weighted by Gasteiger charge is -2.25. The molecule has 1 aromatic heterocycles. The predicted octanol–water partition coefficient (Wildman–Crippen LogP) is 15.0. The summed E-state index contributed by atoms with van der Waals surface area (Å²) < 4.78 is 2.48. The van der Waals surface area contributed by atoms with E-state index in [0.717, 1.165) is 22.7 Å². The van der Waals surface area contributed by atoms with Crippen LogP contribution in [-0.2, 0) is 0 Å². The van der Waals surface area contributed by atoms with E-state index in [1.165, 1.54) is 87.5 Å². The average molecular weight is 711 g/mol. The van der Waals surface area contributed by atoms with Crippen molar-refractivity contribution in [1.82, 2.24) is 4.57 Å². The van der Waals surface area contributed by atoms with E-state index in [2.05, 4.69) is 216 Å². The van der Waals surface area contributed by atoms with Crippen molar-refractivity contribution in [2.75, 3.05) is 4.90 Å². The maximum absolute atomic E-state index is 2.48. The van der Waals surface area contributed by atoms with Crippen molar-refractivity contribution in [2.45, 2.75) is 0 Å². The summed E-state index contributed by atoms with van der Waals surface area (Å²) in [4.78, 5) is 2.30. The smallest absolute Gasteiger partial charge is 0.0547 e. The van der Waals surface area contributed by atoms with Crippen LogP contribution in [0.25, 0.3) is 93.2 Å². The maximum atomic E-state index is 2.48. The van der Waals surface area contributed by atoms with Crippen molar-refractivity contribution >= 4 is 71.2 Å². The fraction of sp³-hybridized carbons (Fsp3) is 0. The first kappa shape index (κ1) is 31.0. The Morgan fingerprint density at radius 3 is 1.39 bits per heavy atom. The lowest BCUT2D eigenvalue weighted by Crippen LogP contribution is -2.09. The number of para-hydroxylation sites is 2. The van der Waals surface area contributed by atoms with Crippen LogP contribution in [-0.4, -0.2) is 4.57 Å². The summed E-state index contributed by atoms with van der Waals surface area (Å²) in [6.45, 7) is 0. The molecule has 0 spiro atoms. The molecular weight excluding hydrogens is 677 g/mol. The van der Waals surface area contributed by atoms with Gasteiger partial charge in [-0.3, -0.25) is 0 Å². The maximum Gasteiger partial charge on any atom is 0.0547 e. The highest BCUT2D eigenvalue weighted by molar-refractivity contribution is 6.35. The molecule has 11 aromatic rings. The highest BCUT2D eigenvalue weighted by Crippen LogP contribution is 2.54. The van der Waals surface area contributed by atoms with Gasteiger partial charge >= 0.3 is 0 Å². The summed E-state index contributed by atoms with van der Waals surface area (Å²) in [6, 6.07) is 75.5. The lowest BCUT2D eigenvalue weighted by molar-refractivity contribution is 1.18. The Morgan fingerprint density at radius 1 is 0.304 bits per heavy atom. The number of fused-ring (bicyclic) bond motifs is 8. The minimum absolute atomic E-state index is 1.12. The van der Waals surface area contributed by atoms with Crippen LogP contribution >= 0.6 is 0 Å². The first-order valence-electron chi connectivity index (χ1n) is 19.4. The van der Waals surface area contributed by atoms with E-state index >= 15 is 0 Å². The number of hydrogen-bond donors (Lipinski definition) is 0.